The summed E-state index contributed by atoms with van der Waals surface area (Å²) in [7, 11) is 0. The van der Waals surface area contributed by atoms with E-state index in [-0.39, 0.29) is 6.04 Å². The van der Waals surface area contributed by atoms with Crippen molar-refractivity contribution >= 4 is 43.1 Å². The number of fused-ring (bicyclic) bond motifs is 10. The highest BCUT2D eigenvalue weighted by Gasteiger charge is 2.47. The average molecular weight is 671 g/mol. The van der Waals surface area contributed by atoms with Crippen molar-refractivity contribution in [2.75, 3.05) is 0 Å². The van der Waals surface area contributed by atoms with Gasteiger partial charge in [-0.1, -0.05) is 158 Å². The third kappa shape index (κ3) is 3.89. The summed E-state index contributed by atoms with van der Waals surface area (Å²) in [6, 6.07) is 70.1. The first-order valence-electron chi connectivity index (χ1n) is 18.6. The minimum atomic E-state index is 0.145. The van der Waals surface area contributed by atoms with Crippen molar-refractivity contribution in [1.82, 2.24) is 0 Å². The van der Waals surface area contributed by atoms with Crippen molar-refractivity contribution in [3.05, 3.63) is 199 Å². The van der Waals surface area contributed by atoms with Crippen LogP contribution in [0.1, 0.15) is 17.2 Å². The minimum Gasteiger partial charge on any atom is -0.180 e. The first-order chi connectivity index (χ1) is 26.3. The Bertz CT molecular complexity index is 3120. The molecule has 0 spiro atoms. The molecule has 0 fully saturated rings. The molecule has 0 radical (unpaired) electrons. The maximum Gasteiger partial charge on any atom is 0.214 e. The molecule has 2 aliphatic rings. The van der Waals surface area contributed by atoms with Crippen LogP contribution in [0.5, 0.6) is 0 Å². The van der Waals surface area contributed by atoms with Crippen LogP contribution in [0, 0.1) is 0 Å². The summed E-state index contributed by atoms with van der Waals surface area (Å²) in [5.74, 6) is 0. The summed E-state index contributed by atoms with van der Waals surface area (Å²) in [5, 5.41) is 10.2. The molecule has 0 bridgehead atoms. The predicted octanol–water partition coefficient (Wildman–Crippen LogP) is 13.2. The van der Waals surface area contributed by atoms with E-state index in [1.165, 1.54) is 110 Å². The van der Waals surface area contributed by atoms with E-state index in [1.54, 1.807) is 0 Å². The highest BCUT2D eigenvalue weighted by molar-refractivity contribution is 6.24. The van der Waals surface area contributed by atoms with Crippen molar-refractivity contribution in [3.8, 4) is 55.9 Å². The lowest BCUT2D eigenvalue weighted by Gasteiger charge is -2.21. The van der Waals surface area contributed by atoms with Crippen LogP contribution >= 0.6 is 0 Å². The highest BCUT2D eigenvalue weighted by atomic mass is 15.1. The smallest absolute Gasteiger partial charge is 0.180 e. The van der Waals surface area contributed by atoms with E-state index in [0.29, 0.717) is 0 Å². The van der Waals surface area contributed by atoms with Crippen molar-refractivity contribution in [3.63, 3.8) is 0 Å². The van der Waals surface area contributed by atoms with Gasteiger partial charge in [-0.2, -0.15) is 4.57 Å². The number of rotatable bonds is 3. The zero-order valence-corrected chi connectivity index (χ0v) is 28.9. The summed E-state index contributed by atoms with van der Waals surface area (Å²) < 4.78 is 2.57. The van der Waals surface area contributed by atoms with Crippen LogP contribution in [0.4, 0.5) is 0 Å². The van der Waals surface area contributed by atoms with Gasteiger partial charge in [0.1, 0.15) is 0 Å². The fourth-order valence-corrected chi connectivity index (χ4v) is 9.85. The van der Waals surface area contributed by atoms with Crippen LogP contribution in [0.25, 0.3) is 99.0 Å². The summed E-state index contributed by atoms with van der Waals surface area (Å²) in [6.07, 6.45) is 0. The molecule has 0 N–H and O–H groups in total. The predicted molar refractivity (Wildman–Crippen MR) is 221 cm³/mol. The van der Waals surface area contributed by atoms with Gasteiger partial charge < -0.3 is 0 Å². The Labute approximate surface area is 307 Å². The molecule has 1 atom stereocenters. The van der Waals surface area contributed by atoms with E-state index < -0.39 is 0 Å². The largest absolute Gasteiger partial charge is 0.214 e. The van der Waals surface area contributed by atoms with Gasteiger partial charge in [0, 0.05) is 23.3 Å². The molecule has 0 amide bonds. The molecule has 10 aromatic rings. The van der Waals surface area contributed by atoms with Crippen molar-refractivity contribution in [2.24, 2.45) is 0 Å². The lowest BCUT2D eigenvalue weighted by atomic mass is 9.81. The number of hydrogen-bond donors (Lipinski definition) is 0. The van der Waals surface area contributed by atoms with Gasteiger partial charge in [-0.25, -0.2) is 0 Å². The summed E-state index contributed by atoms with van der Waals surface area (Å²) >= 11 is 0. The molecule has 1 nitrogen and oxygen atoms in total. The van der Waals surface area contributed by atoms with Crippen LogP contribution in [-0.4, -0.2) is 0 Å². The minimum absolute atomic E-state index is 0.145. The molecule has 3 heterocycles. The number of aromatic nitrogens is 1. The Morgan fingerprint density at radius 3 is 1.45 bits per heavy atom. The molecule has 0 saturated heterocycles. The van der Waals surface area contributed by atoms with Crippen LogP contribution < -0.4 is 4.57 Å². The van der Waals surface area contributed by atoms with Gasteiger partial charge in [0.25, 0.3) is 0 Å². The van der Waals surface area contributed by atoms with Gasteiger partial charge in [0.05, 0.1) is 11.1 Å². The number of benzene rings is 9. The van der Waals surface area contributed by atoms with Gasteiger partial charge >= 0.3 is 0 Å². The second kappa shape index (κ2) is 10.8. The van der Waals surface area contributed by atoms with E-state index in [4.69, 9.17) is 0 Å². The first kappa shape index (κ1) is 28.8. The van der Waals surface area contributed by atoms with Crippen molar-refractivity contribution < 1.29 is 4.57 Å². The van der Waals surface area contributed by atoms with E-state index in [1.807, 2.05) is 0 Å². The van der Waals surface area contributed by atoms with Crippen molar-refractivity contribution in [2.45, 2.75) is 6.04 Å². The summed E-state index contributed by atoms with van der Waals surface area (Å²) in [5.41, 5.74) is 15.8. The van der Waals surface area contributed by atoms with Gasteiger partial charge in [-0.3, -0.25) is 0 Å². The lowest BCUT2D eigenvalue weighted by molar-refractivity contribution is -0.672. The third-order valence-corrected chi connectivity index (χ3v) is 11.9. The molecule has 1 heteroatoms. The Balaban J connectivity index is 1.15. The van der Waals surface area contributed by atoms with Crippen LogP contribution in [0.15, 0.2) is 188 Å². The number of nitrogens with zero attached hydrogens (tertiary/aromatic N) is 1. The second-order valence-corrected chi connectivity index (χ2v) is 14.5. The van der Waals surface area contributed by atoms with E-state index >= 15 is 0 Å². The molecule has 244 valence electrons. The molecule has 53 heavy (non-hydrogen) atoms. The fraction of sp³-hybridized carbons (Fsp3) is 0.0192. The Kier molecular flexibility index (Phi) is 5.89. The SMILES string of the molecule is c1ccc2c(c1)-c1cccc3[n+]1C2c1c(-c2c4ccccc4c(-c4ccc(-c5cccc6ccccc56)c5ccccc45)c4ccccc24)cccc1-3. The lowest BCUT2D eigenvalue weighted by Crippen LogP contribution is -2.36. The van der Waals surface area contributed by atoms with Gasteiger partial charge in [-0.15, -0.1) is 0 Å². The molecule has 1 aromatic heterocycles. The monoisotopic (exact) mass is 670 g/mol. The molecule has 2 aliphatic heterocycles. The van der Waals surface area contributed by atoms with E-state index in [9.17, 15) is 0 Å². The quantitative estimate of drug-likeness (QED) is 0.130. The van der Waals surface area contributed by atoms with Crippen LogP contribution in [-0.2, 0) is 0 Å². The maximum absolute atomic E-state index is 2.57. The molecular formula is C52H32N+. The number of pyridine rings is 1. The standard InChI is InChI=1S/C52H32N/c1-2-16-33-32(14-1)15-11-25-34(33)37-30-31-43(36-18-4-3-17-35(36)37)49-39-20-6-8-22-41(39)50(42-23-9-7-21-40(42)49)46-27-12-26-45-48-29-13-28-47-38-19-5-10-24-44(38)52(51(45)46)53(47)48/h1-31,52H/q+1. The number of hydrogen-bond acceptors (Lipinski definition) is 0. The molecule has 1 unspecified atom stereocenters. The Morgan fingerprint density at radius 1 is 0.283 bits per heavy atom. The zero-order valence-electron chi connectivity index (χ0n) is 28.9. The molecule has 0 saturated carbocycles. The average Bonchev–Trinajstić information content (AvgIpc) is 3.75. The normalized spacial score (nSPS) is 13.8. The molecule has 9 aromatic carbocycles. The molecular weight excluding hydrogens is 639 g/mol. The van der Waals surface area contributed by atoms with E-state index in [2.05, 4.69) is 193 Å². The maximum atomic E-state index is 2.57. The van der Waals surface area contributed by atoms with Gasteiger partial charge in [0.15, 0.2) is 0 Å². The van der Waals surface area contributed by atoms with E-state index in [0.717, 1.165) is 0 Å². The molecule has 0 aliphatic carbocycles. The first-order valence-corrected chi connectivity index (χ1v) is 18.6. The molecule has 12 rings (SSSR count). The summed E-state index contributed by atoms with van der Waals surface area (Å²) in [6.45, 7) is 0. The second-order valence-electron chi connectivity index (χ2n) is 14.5. The zero-order chi connectivity index (χ0) is 34.6. The third-order valence-electron chi connectivity index (χ3n) is 11.9. The Hall–Kier alpha value is -6.83. The Morgan fingerprint density at radius 2 is 0.717 bits per heavy atom. The van der Waals surface area contributed by atoms with Crippen molar-refractivity contribution in [1.29, 1.82) is 0 Å². The topological polar surface area (TPSA) is 3.88 Å². The van der Waals surface area contributed by atoms with Gasteiger partial charge in [-0.05, 0) is 94.7 Å². The summed E-state index contributed by atoms with van der Waals surface area (Å²) in [4.78, 5) is 0. The fourth-order valence-electron chi connectivity index (χ4n) is 9.85. The van der Waals surface area contributed by atoms with Crippen LogP contribution in [0.2, 0.25) is 0 Å². The highest BCUT2D eigenvalue weighted by Crippen LogP contribution is 2.53. The van der Waals surface area contributed by atoms with Crippen LogP contribution in [0.3, 0.4) is 0 Å². The van der Waals surface area contributed by atoms with Gasteiger partial charge in [0.2, 0.25) is 17.4 Å².